The van der Waals surface area contributed by atoms with Gasteiger partial charge in [-0.3, -0.25) is 14.5 Å². The monoisotopic (exact) mass is 530 g/mol. The van der Waals surface area contributed by atoms with E-state index in [9.17, 15) is 23.6 Å². The normalized spacial score (nSPS) is 14.8. The summed E-state index contributed by atoms with van der Waals surface area (Å²) in [6.07, 6.45) is 1.77. The van der Waals surface area contributed by atoms with Gasteiger partial charge in [-0.15, -0.1) is 5.10 Å². The number of hydrogen-bond donors (Lipinski definition) is 0. The van der Waals surface area contributed by atoms with Crippen LogP contribution in [0.15, 0.2) is 37.1 Å². The standard InChI is InChI=1S/C22H23FN8O7/c1-3-20(33)36-13-37-21(34)29(14(2)32)9-17-10-30(22(35)38-17)16-4-5-19(18(23)6-16)31-8-15(26-27-31)7-28-12-24-11-25-28/h4-6,8,11-12,17H,3,7,9-10,13H2,1-2H3/t17-/m0/s1. The fraction of sp³-hybridized carbons (Fsp3) is 0.364. The number of esters is 1. The zero-order valence-electron chi connectivity index (χ0n) is 20.4. The Morgan fingerprint density at radius 3 is 2.76 bits per heavy atom. The van der Waals surface area contributed by atoms with Crippen molar-refractivity contribution in [3.63, 3.8) is 0 Å². The maximum Gasteiger partial charge on any atom is 0.419 e. The van der Waals surface area contributed by atoms with Gasteiger partial charge in [-0.1, -0.05) is 12.1 Å². The average Bonchev–Trinajstić information content (AvgIpc) is 3.64. The first-order chi connectivity index (χ1) is 18.2. The van der Waals surface area contributed by atoms with Crippen molar-refractivity contribution in [2.24, 2.45) is 0 Å². The Morgan fingerprint density at radius 1 is 1.26 bits per heavy atom. The van der Waals surface area contributed by atoms with Crippen LogP contribution in [-0.2, 0) is 30.3 Å². The van der Waals surface area contributed by atoms with E-state index in [4.69, 9.17) is 9.47 Å². The molecule has 38 heavy (non-hydrogen) atoms. The van der Waals surface area contributed by atoms with Crippen molar-refractivity contribution in [2.45, 2.75) is 32.9 Å². The van der Waals surface area contributed by atoms with Gasteiger partial charge in [0.2, 0.25) is 12.7 Å². The largest absolute Gasteiger partial charge is 0.442 e. The lowest BCUT2D eigenvalue weighted by Crippen LogP contribution is -2.42. The number of carbonyl (C=O) groups excluding carboxylic acids is 4. The van der Waals surface area contributed by atoms with E-state index in [1.54, 1.807) is 13.1 Å². The molecule has 3 amide bonds. The van der Waals surface area contributed by atoms with Gasteiger partial charge in [0.1, 0.15) is 30.1 Å². The molecule has 16 heteroatoms. The molecular weight excluding hydrogens is 507 g/mol. The molecule has 15 nitrogen and oxygen atoms in total. The maximum absolute atomic E-state index is 15.0. The Bertz CT molecular complexity index is 1330. The summed E-state index contributed by atoms with van der Waals surface area (Å²) in [7, 11) is 0. The van der Waals surface area contributed by atoms with E-state index in [2.05, 4.69) is 25.1 Å². The Kier molecular flexibility index (Phi) is 7.88. The summed E-state index contributed by atoms with van der Waals surface area (Å²) < 4.78 is 32.5. The highest BCUT2D eigenvalue weighted by Gasteiger charge is 2.36. The summed E-state index contributed by atoms with van der Waals surface area (Å²) in [4.78, 5) is 53.6. The summed E-state index contributed by atoms with van der Waals surface area (Å²) in [6, 6.07) is 4.06. The van der Waals surface area contributed by atoms with Crippen molar-refractivity contribution in [1.29, 1.82) is 0 Å². The lowest BCUT2D eigenvalue weighted by atomic mass is 10.2. The molecule has 4 rings (SSSR count). The number of ether oxygens (including phenoxy) is 3. The van der Waals surface area contributed by atoms with Gasteiger partial charge in [0, 0.05) is 13.3 Å². The molecule has 0 saturated carbocycles. The molecule has 1 aromatic carbocycles. The van der Waals surface area contributed by atoms with Crippen molar-refractivity contribution >= 4 is 29.8 Å². The minimum atomic E-state index is -1.07. The first-order valence-corrected chi connectivity index (χ1v) is 11.4. The smallest absolute Gasteiger partial charge is 0.419 e. The number of aromatic nitrogens is 6. The van der Waals surface area contributed by atoms with Crippen LogP contribution in [0.3, 0.4) is 0 Å². The molecule has 200 valence electrons. The van der Waals surface area contributed by atoms with Gasteiger partial charge in [0.05, 0.1) is 31.5 Å². The number of carbonyl (C=O) groups is 4. The van der Waals surface area contributed by atoms with Crippen LogP contribution in [-0.4, -0.2) is 84.7 Å². The predicted molar refractivity (Wildman–Crippen MR) is 123 cm³/mol. The second kappa shape index (κ2) is 11.4. The molecule has 0 N–H and O–H groups in total. The van der Waals surface area contributed by atoms with Gasteiger partial charge in [-0.25, -0.2) is 33.2 Å². The quantitative estimate of drug-likeness (QED) is 0.289. The van der Waals surface area contributed by atoms with Gasteiger partial charge < -0.3 is 14.2 Å². The summed E-state index contributed by atoms with van der Waals surface area (Å²) in [6.45, 7) is 1.96. The van der Waals surface area contributed by atoms with Gasteiger partial charge in [0.15, 0.2) is 5.82 Å². The van der Waals surface area contributed by atoms with Crippen molar-refractivity contribution < 1.29 is 37.8 Å². The van der Waals surface area contributed by atoms with Gasteiger partial charge in [0.25, 0.3) is 0 Å². The molecule has 0 unspecified atom stereocenters. The third kappa shape index (κ3) is 6.08. The zero-order chi connectivity index (χ0) is 27.2. The van der Waals surface area contributed by atoms with Crippen molar-refractivity contribution in [1.82, 2.24) is 34.7 Å². The maximum atomic E-state index is 15.0. The molecule has 1 aliphatic heterocycles. The van der Waals surface area contributed by atoms with Crippen LogP contribution in [0, 0.1) is 5.82 Å². The van der Waals surface area contributed by atoms with Crippen LogP contribution in [0.5, 0.6) is 0 Å². The molecule has 0 aliphatic carbocycles. The number of halogens is 1. The molecule has 1 atom stereocenters. The third-order valence-electron chi connectivity index (χ3n) is 5.37. The third-order valence-corrected chi connectivity index (χ3v) is 5.37. The van der Waals surface area contributed by atoms with Crippen molar-refractivity contribution in [3.05, 3.63) is 48.6 Å². The van der Waals surface area contributed by atoms with Gasteiger partial charge >= 0.3 is 18.2 Å². The van der Waals surface area contributed by atoms with E-state index >= 15 is 0 Å². The zero-order valence-corrected chi connectivity index (χ0v) is 20.4. The Morgan fingerprint density at radius 2 is 2.08 bits per heavy atom. The summed E-state index contributed by atoms with van der Waals surface area (Å²) in [5.41, 5.74) is 0.830. The van der Waals surface area contributed by atoms with Crippen molar-refractivity contribution in [2.75, 3.05) is 24.8 Å². The van der Waals surface area contributed by atoms with E-state index in [0.717, 1.165) is 13.0 Å². The van der Waals surface area contributed by atoms with Crippen LogP contribution >= 0.6 is 0 Å². The highest BCUT2D eigenvalue weighted by atomic mass is 19.1. The van der Waals surface area contributed by atoms with Crippen LogP contribution in [0.4, 0.5) is 19.7 Å². The minimum absolute atomic E-state index is 0.0646. The van der Waals surface area contributed by atoms with Crippen LogP contribution in [0.25, 0.3) is 5.69 Å². The average molecular weight is 530 g/mol. The lowest BCUT2D eigenvalue weighted by molar-refractivity contribution is -0.152. The number of imide groups is 1. The number of nitrogens with zero attached hydrogens (tertiary/aromatic N) is 8. The summed E-state index contributed by atoms with van der Waals surface area (Å²) in [5, 5.41) is 11.9. The molecule has 1 aliphatic rings. The van der Waals surface area contributed by atoms with Crippen molar-refractivity contribution in [3.8, 4) is 5.69 Å². The predicted octanol–water partition coefficient (Wildman–Crippen LogP) is 1.27. The minimum Gasteiger partial charge on any atom is -0.442 e. The number of hydrogen-bond acceptors (Lipinski definition) is 11. The molecule has 3 aromatic rings. The van der Waals surface area contributed by atoms with Gasteiger partial charge in [-0.2, -0.15) is 5.10 Å². The second-order valence-electron chi connectivity index (χ2n) is 8.03. The van der Waals surface area contributed by atoms with E-state index in [1.807, 2.05) is 0 Å². The van der Waals surface area contributed by atoms with E-state index in [1.165, 1.54) is 39.1 Å². The summed E-state index contributed by atoms with van der Waals surface area (Å²) >= 11 is 0. The topological polar surface area (TPSA) is 164 Å². The number of cyclic esters (lactones) is 1. The highest BCUT2D eigenvalue weighted by molar-refractivity contribution is 5.92. The van der Waals surface area contributed by atoms with Crippen LogP contribution < -0.4 is 4.90 Å². The van der Waals surface area contributed by atoms with Gasteiger partial charge in [-0.05, 0) is 18.2 Å². The fourth-order valence-corrected chi connectivity index (χ4v) is 3.51. The molecule has 0 spiro atoms. The Hall–Kier alpha value is -4.89. The number of benzene rings is 1. The molecule has 1 fully saturated rings. The second-order valence-corrected chi connectivity index (χ2v) is 8.03. The number of rotatable bonds is 9. The highest BCUT2D eigenvalue weighted by Crippen LogP contribution is 2.26. The first kappa shape index (κ1) is 26.2. The molecular formula is C22H23FN8O7. The molecule has 1 saturated heterocycles. The number of amides is 3. The SMILES string of the molecule is CCC(=O)OCOC(=O)N(C[C@H]1CN(c2ccc(-n3cc(Cn4cncn4)nn3)c(F)c2)C(=O)O1)C(C)=O. The Labute approximate surface area is 214 Å². The molecule has 0 bridgehead atoms. The molecule has 2 aromatic heterocycles. The van der Waals surface area contributed by atoms with E-state index in [0.29, 0.717) is 17.1 Å². The molecule has 3 heterocycles. The lowest BCUT2D eigenvalue weighted by Gasteiger charge is -2.21. The number of anilines is 1. The fourth-order valence-electron chi connectivity index (χ4n) is 3.51. The first-order valence-electron chi connectivity index (χ1n) is 11.4. The van der Waals surface area contributed by atoms with Crippen LogP contribution in [0.2, 0.25) is 0 Å². The Balaban J connectivity index is 1.39. The van der Waals surface area contributed by atoms with E-state index in [-0.39, 0.29) is 30.9 Å². The van der Waals surface area contributed by atoms with Crippen LogP contribution in [0.1, 0.15) is 26.0 Å². The molecule has 0 radical (unpaired) electrons. The van der Waals surface area contributed by atoms with E-state index < -0.39 is 42.8 Å². The summed E-state index contributed by atoms with van der Waals surface area (Å²) in [5.74, 6) is -1.92.